The molecule has 1 aromatic carbocycles. The number of hydrogen-bond acceptors (Lipinski definition) is 7. The molecule has 1 amide bonds. The highest BCUT2D eigenvalue weighted by molar-refractivity contribution is 7.90. The van der Waals surface area contributed by atoms with Gasteiger partial charge in [0.2, 0.25) is 0 Å². The van der Waals surface area contributed by atoms with Crippen LogP contribution in [0.25, 0.3) is 16.6 Å². The monoisotopic (exact) mass is 454 g/mol. The van der Waals surface area contributed by atoms with Crippen LogP contribution in [0.2, 0.25) is 0 Å². The van der Waals surface area contributed by atoms with Gasteiger partial charge in [-0.3, -0.25) is 4.79 Å². The Kier molecular flexibility index (Phi) is 5.66. The van der Waals surface area contributed by atoms with Crippen LogP contribution in [-0.4, -0.2) is 45.5 Å². The Bertz CT molecular complexity index is 1400. The van der Waals surface area contributed by atoms with Crippen LogP contribution in [0.5, 0.6) is 0 Å². The summed E-state index contributed by atoms with van der Waals surface area (Å²) in [6.07, 6.45) is 5.96. The lowest BCUT2D eigenvalue weighted by Crippen LogP contribution is -2.29. The summed E-state index contributed by atoms with van der Waals surface area (Å²) in [5, 5.41) is 15.5. The predicted octanol–water partition coefficient (Wildman–Crippen LogP) is 2.63. The second-order valence-electron chi connectivity index (χ2n) is 7.16. The average molecular weight is 454 g/mol. The van der Waals surface area contributed by atoms with Gasteiger partial charge in [0, 0.05) is 12.5 Å². The SMILES string of the molecule is CC[C@H](NC(=O)c1nncc2c1cnn2-c1ccc(F)cc1)c1ccnc(S(C)(=O)=O)c1. The van der Waals surface area contributed by atoms with E-state index in [-0.39, 0.29) is 16.5 Å². The molecule has 0 aliphatic rings. The molecule has 0 radical (unpaired) electrons. The summed E-state index contributed by atoms with van der Waals surface area (Å²) >= 11 is 0. The lowest BCUT2D eigenvalue weighted by molar-refractivity contribution is 0.0931. The zero-order valence-electron chi connectivity index (χ0n) is 17.2. The molecule has 0 unspecified atom stereocenters. The van der Waals surface area contributed by atoms with Crippen molar-refractivity contribution < 1.29 is 17.6 Å². The van der Waals surface area contributed by atoms with E-state index in [0.29, 0.717) is 28.6 Å². The molecule has 9 nitrogen and oxygen atoms in total. The Morgan fingerprint density at radius 3 is 2.62 bits per heavy atom. The third-order valence-electron chi connectivity index (χ3n) is 4.94. The van der Waals surface area contributed by atoms with Crippen LogP contribution in [0.3, 0.4) is 0 Å². The number of nitrogens with one attached hydrogen (secondary N) is 1. The molecule has 0 spiro atoms. The molecular weight excluding hydrogens is 435 g/mol. The van der Waals surface area contributed by atoms with Crippen molar-refractivity contribution in [2.45, 2.75) is 24.4 Å². The fourth-order valence-corrected chi connectivity index (χ4v) is 3.91. The Morgan fingerprint density at radius 2 is 1.94 bits per heavy atom. The Balaban J connectivity index is 1.66. The number of carbonyl (C=O) groups excluding carboxylic acids is 1. The molecule has 164 valence electrons. The van der Waals surface area contributed by atoms with E-state index in [9.17, 15) is 17.6 Å². The number of fused-ring (bicyclic) bond motifs is 1. The van der Waals surface area contributed by atoms with Crippen molar-refractivity contribution in [2.75, 3.05) is 6.26 Å². The maximum Gasteiger partial charge on any atom is 0.273 e. The van der Waals surface area contributed by atoms with Gasteiger partial charge < -0.3 is 5.32 Å². The van der Waals surface area contributed by atoms with Gasteiger partial charge in [0.1, 0.15) is 5.82 Å². The molecule has 32 heavy (non-hydrogen) atoms. The standard InChI is InChI=1S/C21H19FN6O3S/c1-3-17(13-8-9-23-19(10-13)32(2,30)31)26-21(29)20-16-11-25-28(18(16)12-24-27-20)15-6-4-14(22)5-7-15/h4-12,17H,3H2,1-2H3,(H,26,29)/t17-/m0/s1. The Labute approximate surface area is 183 Å². The summed E-state index contributed by atoms with van der Waals surface area (Å²) in [5.74, 6) is -0.850. The number of halogens is 1. The van der Waals surface area contributed by atoms with Crippen LogP contribution in [0, 0.1) is 5.82 Å². The number of carbonyl (C=O) groups is 1. The van der Waals surface area contributed by atoms with Gasteiger partial charge in [0.25, 0.3) is 5.91 Å². The number of amides is 1. The van der Waals surface area contributed by atoms with Gasteiger partial charge in [0.05, 0.1) is 35.0 Å². The maximum atomic E-state index is 13.3. The number of sulfone groups is 1. The zero-order chi connectivity index (χ0) is 22.9. The molecule has 11 heteroatoms. The van der Waals surface area contributed by atoms with Crippen molar-refractivity contribution >= 4 is 26.6 Å². The van der Waals surface area contributed by atoms with E-state index >= 15 is 0 Å². The van der Waals surface area contributed by atoms with E-state index in [0.717, 1.165) is 6.26 Å². The smallest absolute Gasteiger partial charge is 0.273 e. The van der Waals surface area contributed by atoms with Crippen molar-refractivity contribution in [3.05, 3.63) is 72.1 Å². The summed E-state index contributed by atoms with van der Waals surface area (Å²) in [7, 11) is -3.48. The molecule has 0 fully saturated rings. The van der Waals surface area contributed by atoms with Crippen molar-refractivity contribution in [3.8, 4) is 5.69 Å². The van der Waals surface area contributed by atoms with Gasteiger partial charge in [-0.15, -0.1) is 5.10 Å². The van der Waals surface area contributed by atoms with Crippen LogP contribution >= 0.6 is 0 Å². The quantitative estimate of drug-likeness (QED) is 0.475. The first kappa shape index (κ1) is 21.5. The Hall–Kier alpha value is -3.73. The average Bonchev–Trinajstić information content (AvgIpc) is 3.21. The molecular formula is C21H19FN6O3S. The number of pyridine rings is 1. The molecule has 0 saturated carbocycles. The van der Waals surface area contributed by atoms with Gasteiger partial charge in [-0.25, -0.2) is 22.5 Å². The van der Waals surface area contributed by atoms with Crippen molar-refractivity contribution in [2.24, 2.45) is 0 Å². The number of hydrogen-bond donors (Lipinski definition) is 1. The number of nitrogens with zero attached hydrogens (tertiary/aromatic N) is 5. The molecule has 3 aromatic heterocycles. The van der Waals surface area contributed by atoms with E-state index in [1.807, 2.05) is 6.92 Å². The summed E-state index contributed by atoms with van der Waals surface area (Å²) < 4.78 is 38.4. The zero-order valence-corrected chi connectivity index (χ0v) is 18.0. The van der Waals surface area contributed by atoms with Gasteiger partial charge in [-0.2, -0.15) is 10.2 Å². The highest BCUT2D eigenvalue weighted by Gasteiger charge is 2.21. The molecule has 0 bridgehead atoms. The lowest BCUT2D eigenvalue weighted by Gasteiger charge is -2.17. The third-order valence-corrected chi connectivity index (χ3v) is 5.92. The van der Waals surface area contributed by atoms with Gasteiger partial charge in [0.15, 0.2) is 20.6 Å². The minimum atomic E-state index is -3.48. The highest BCUT2D eigenvalue weighted by atomic mass is 32.2. The van der Waals surface area contributed by atoms with Crippen LogP contribution in [0.4, 0.5) is 4.39 Å². The van der Waals surface area contributed by atoms with E-state index in [2.05, 4.69) is 25.6 Å². The summed E-state index contributed by atoms with van der Waals surface area (Å²) in [6.45, 7) is 1.87. The van der Waals surface area contributed by atoms with Gasteiger partial charge in [-0.05, 0) is 48.4 Å². The summed E-state index contributed by atoms with van der Waals surface area (Å²) in [4.78, 5) is 16.9. The topological polar surface area (TPSA) is 120 Å². The van der Waals surface area contributed by atoms with Gasteiger partial charge >= 0.3 is 0 Å². The number of benzene rings is 1. The molecule has 0 aliphatic carbocycles. The number of rotatable bonds is 6. The largest absolute Gasteiger partial charge is 0.344 e. The first-order chi connectivity index (χ1) is 15.3. The first-order valence-corrected chi connectivity index (χ1v) is 11.6. The van der Waals surface area contributed by atoms with Crippen molar-refractivity contribution in [1.82, 2.24) is 30.3 Å². The van der Waals surface area contributed by atoms with E-state index in [1.165, 1.54) is 36.8 Å². The molecule has 1 atom stereocenters. The number of aromatic nitrogens is 5. The minimum absolute atomic E-state index is 0.0647. The summed E-state index contributed by atoms with van der Waals surface area (Å²) in [6, 6.07) is 8.41. The van der Waals surface area contributed by atoms with E-state index in [1.54, 1.807) is 22.9 Å². The second kappa shape index (κ2) is 8.42. The predicted molar refractivity (Wildman–Crippen MR) is 114 cm³/mol. The second-order valence-corrected chi connectivity index (χ2v) is 9.12. The fraction of sp³-hybridized carbons (Fsp3) is 0.190. The van der Waals surface area contributed by atoms with Crippen LogP contribution in [-0.2, 0) is 9.84 Å². The first-order valence-electron chi connectivity index (χ1n) is 9.70. The third kappa shape index (κ3) is 4.19. The minimum Gasteiger partial charge on any atom is -0.344 e. The van der Waals surface area contributed by atoms with E-state index < -0.39 is 21.8 Å². The normalized spacial score (nSPS) is 12.6. The molecule has 0 saturated heterocycles. The van der Waals surface area contributed by atoms with Crippen molar-refractivity contribution in [3.63, 3.8) is 0 Å². The molecule has 4 rings (SSSR count). The van der Waals surface area contributed by atoms with Crippen LogP contribution in [0.1, 0.15) is 35.4 Å². The maximum absolute atomic E-state index is 13.3. The van der Waals surface area contributed by atoms with Crippen molar-refractivity contribution in [1.29, 1.82) is 0 Å². The molecule has 1 N–H and O–H groups in total. The lowest BCUT2D eigenvalue weighted by atomic mass is 10.1. The van der Waals surface area contributed by atoms with Crippen LogP contribution < -0.4 is 5.32 Å². The fourth-order valence-electron chi connectivity index (χ4n) is 3.31. The van der Waals surface area contributed by atoms with Gasteiger partial charge in [-0.1, -0.05) is 6.92 Å². The van der Waals surface area contributed by atoms with E-state index in [4.69, 9.17) is 0 Å². The molecule has 0 aliphatic heterocycles. The molecule has 4 aromatic rings. The summed E-state index contributed by atoms with van der Waals surface area (Å²) in [5.41, 5.74) is 1.83. The highest BCUT2D eigenvalue weighted by Crippen LogP contribution is 2.22. The molecule has 3 heterocycles. The Morgan fingerprint density at radius 1 is 1.19 bits per heavy atom. The van der Waals surface area contributed by atoms with Crippen LogP contribution in [0.15, 0.2) is 60.0 Å².